The van der Waals surface area contributed by atoms with Crippen molar-refractivity contribution in [3.05, 3.63) is 17.7 Å². The summed E-state index contributed by atoms with van der Waals surface area (Å²) in [6.07, 6.45) is -0.584. The molecule has 1 atom stereocenters. The Labute approximate surface area is 98.9 Å². The maximum absolute atomic E-state index is 9.96. The number of benzene rings is 1. The molecule has 1 aliphatic heterocycles. The molecule has 88 valence electrons. The highest BCUT2D eigenvalue weighted by atomic mass is 32.2. The van der Waals surface area contributed by atoms with Crippen molar-refractivity contribution in [1.82, 2.24) is 5.32 Å². The zero-order valence-electron chi connectivity index (χ0n) is 9.32. The van der Waals surface area contributed by atoms with Crippen molar-refractivity contribution in [2.75, 3.05) is 26.6 Å². The molecule has 16 heavy (non-hydrogen) atoms. The Morgan fingerprint density at radius 2 is 2.44 bits per heavy atom. The quantitative estimate of drug-likeness (QED) is 0.834. The molecule has 1 aromatic carbocycles. The standard InChI is InChI=1S/C11H15NO3S/c1-12-5-8(13)7-3-10-11(16-6-15-10)4-9(7)14-2/h3-4,8,12-13H,5-6H2,1-2H3. The van der Waals surface area contributed by atoms with Crippen LogP contribution in [0.1, 0.15) is 11.7 Å². The summed E-state index contributed by atoms with van der Waals surface area (Å²) >= 11 is 1.63. The number of hydrogen-bond acceptors (Lipinski definition) is 5. The van der Waals surface area contributed by atoms with Gasteiger partial charge in [-0.25, -0.2) is 0 Å². The zero-order valence-corrected chi connectivity index (χ0v) is 10.1. The van der Waals surface area contributed by atoms with Gasteiger partial charge in [-0.1, -0.05) is 11.8 Å². The van der Waals surface area contributed by atoms with E-state index in [0.29, 0.717) is 18.2 Å². The van der Waals surface area contributed by atoms with E-state index in [4.69, 9.17) is 9.47 Å². The molecule has 0 saturated carbocycles. The molecule has 1 aliphatic rings. The van der Waals surface area contributed by atoms with Crippen molar-refractivity contribution in [3.8, 4) is 11.5 Å². The topological polar surface area (TPSA) is 50.7 Å². The number of likely N-dealkylation sites (N-methyl/N-ethyl adjacent to an activating group) is 1. The van der Waals surface area contributed by atoms with E-state index in [1.807, 2.05) is 12.1 Å². The van der Waals surface area contributed by atoms with E-state index in [-0.39, 0.29) is 0 Å². The zero-order chi connectivity index (χ0) is 11.5. The third-order valence-electron chi connectivity index (χ3n) is 2.48. The number of fused-ring (bicyclic) bond motifs is 1. The van der Waals surface area contributed by atoms with Crippen LogP contribution in [0.5, 0.6) is 11.5 Å². The molecular formula is C11H15NO3S. The molecular weight excluding hydrogens is 226 g/mol. The Balaban J connectivity index is 2.35. The third-order valence-corrected chi connectivity index (χ3v) is 3.35. The number of rotatable bonds is 4. The summed E-state index contributed by atoms with van der Waals surface area (Å²) in [5, 5.41) is 12.9. The van der Waals surface area contributed by atoms with Crippen LogP contribution in [0, 0.1) is 0 Å². The minimum atomic E-state index is -0.584. The molecule has 1 heterocycles. The average molecular weight is 241 g/mol. The first-order valence-electron chi connectivity index (χ1n) is 5.06. The summed E-state index contributed by atoms with van der Waals surface area (Å²) in [7, 11) is 3.41. The maximum Gasteiger partial charge on any atom is 0.138 e. The van der Waals surface area contributed by atoms with Crippen LogP contribution in [0.15, 0.2) is 17.0 Å². The highest BCUT2D eigenvalue weighted by Crippen LogP contribution is 2.42. The lowest BCUT2D eigenvalue weighted by atomic mass is 10.1. The second kappa shape index (κ2) is 4.95. The van der Waals surface area contributed by atoms with E-state index in [1.54, 1.807) is 25.9 Å². The van der Waals surface area contributed by atoms with Crippen LogP contribution >= 0.6 is 11.8 Å². The summed E-state index contributed by atoms with van der Waals surface area (Å²) in [5.41, 5.74) is 0.762. The minimum absolute atomic E-state index is 0.488. The lowest BCUT2D eigenvalue weighted by Crippen LogP contribution is -2.17. The van der Waals surface area contributed by atoms with Gasteiger partial charge in [-0.05, 0) is 19.2 Å². The first kappa shape index (κ1) is 11.6. The molecule has 0 saturated heterocycles. The molecule has 0 amide bonds. The number of aliphatic hydroxyl groups excluding tert-OH is 1. The van der Waals surface area contributed by atoms with Crippen LogP contribution in [0.3, 0.4) is 0 Å². The molecule has 1 aromatic rings. The van der Waals surface area contributed by atoms with Crippen molar-refractivity contribution in [3.63, 3.8) is 0 Å². The maximum atomic E-state index is 9.96. The Bertz CT molecular complexity index is 384. The first-order chi connectivity index (χ1) is 7.76. The van der Waals surface area contributed by atoms with Crippen molar-refractivity contribution < 1.29 is 14.6 Å². The summed E-state index contributed by atoms with van der Waals surface area (Å²) in [4.78, 5) is 1.07. The number of hydrogen-bond donors (Lipinski definition) is 2. The Morgan fingerprint density at radius 1 is 1.62 bits per heavy atom. The number of aliphatic hydroxyl groups is 1. The third kappa shape index (κ3) is 2.11. The van der Waals surface area contributed by atoms with E-state index >= 15 is 0 Å². The lowest BCUT2D eigenvalue weighted by molar-refractivity contribution is 0.173. The Morgan fingerprint density at radius 3 is 3.12 bits per heavy atom. The highest BCUT2D eigenvalue weighted by Gasteiger charge is 2.20. The van der Waals surface area contributed by atoms with E-state index in [2.05, 4.69) is 5.32 Å². The summed E-state index contributed by atoms with van der Waals surface area (Å²) < 4.78 is 10.7. The normalized spacial score (nSPS) is 15.4. The Kier molecular flexibility index (Phi) is 3.58. The SMILES string of the molecule is CNCC(O)c1cc2c(cc1OC)SCO2. The van der Waals surface area contributed by atoms with Gasteiger partial charge in [-0.2, -0.15) is 0 Å². The van der Waals surface area contributed by atoms with Crippen molar-refractivity contribution in [2.24, 2.45) is 0 Å². The van der Waals surface area contributed by atoms with Gasteiger partial charge >= 0.3 is 0 Å². The molecule has 0 aromatic heterocycles. The number of ether oxygens (including phenoxy) is 2. The predicted molar refractivity (Wildman–Crippen MR) is 63.2 cm³/mol. The second-order valence-electron chi connectivity index (χ2n) is 3.52. The van der Waals surface area contributed by atoms with Crippen molar-refractivity contribution >= 4 is 11.8 Å². The van der Waals surface area contributed by atoms with E-state index in [1.165, 1.54) is 0 Å². The van der Waals surface area contributed by atoms with Crippen molar-refractivity contribution in [1.29, 1.82) is 0 Å². The molecule has 0 bridgehead atoms. The van der Waals surface area contributed by atoms with Crippen LogP contribution in [-0.4, -0.2) is 31.7 Å². The predicted octanol–water partition coefficient (Wildman–Crippen LogP) is 1.39. The molecule has 0 aliphatic carbocycles. The molecule has 2 rings (SSSR count). The van der Waals surface area contributed by atoms with Gasteiger partial charge in [0, 0.05) is 12.1 Å². The summed E-state index contributed by atoms with van der Waals surface area (Å²) in [6, 6.07) is 3.78. The molecule has 1 unspecified atom stereocenters. The molecule has 0 fully saturated rings. The van der Waals surface area contributed by atoms with Crippen LogP contribution in [0.2, 0.25) is 0 Å². The summed E-state index contributed by atoms with van der Waals surface area (Å²) in [6.45, 7) is 0.488. The van der Waals surface area contributed by atoms with Gasteiger partial charge in [0.05, 0.1) is 18.1 Å². The molecule has 4 nitrogen and oxygen atoms in total. The lowest BCUT2D eigenvalue weighted by Gasteiger charge is -2.15. The monoisotopic (exact) mass is 241 g/mol. The molecule has 0 radical (unpaired) electrons. The molecule has 5 heteroatoms. The van der Waals surface area contributed by atoms with Crippen molar-refractivity contribution in [2.45, 2.75) is 11.0 Å². The van der Waals surface area contributed by atoms with Gasteiger partial charge in [0.1, 0.15) is 17.4 Å². The second-order valence-corrected chi connectivity index (χ2v) is 4.49. The fraction of sp³-hybridized carbons (Fsp3) is 0.455. The number of thioether (sulfide) groups is 1. The van der Waals surface area contributed by atoms with Crippen LogP contribution in [-0.2, 0) is 0 Å². The van der Waals surface area contributed by atoms with Gasteiger partial charge in [-0.3, -0.25) is 0 Å². The van der Waals surface area contributed by atoms with Gasteiger partial charge < -0.3 is 19.9 Å². The summed E-state index contributed by atoms with van der Waals surface area (Å²) in [5.74, 6) is 2.17. The van der Waals surface area contributed by atoms with E-state index < -0.39 is 6.10 Å². The highest BCUT2D eigenvalue weighted by molar-refractivity contribution is 7.99. The van der Waals surface area contributed by atoms with Gasteiger partial charge in [0.25, 0.3) is 0 Å². The number of methoxy groups -OCH3 is 1. The first-order valence-corrected chi connectivity index (χ1v) is 6.05. The molecule has 0 spiro atoms. The van der Waals surface area contributed by atoms with E-state index in [0.717, 1.165) is 16.2 Å². The fourth-order valence-electron chi connectivity index (χ4n) is 1.68. The van der Waals surface area contributed by atoms with Crippen LogP contribution < -0.4 is 14.8 Å². The fourth-order valence-corrected chi connectivity index (χ4v) is 2.44. The van der Waals surface area contributed by atoms with Crippen LogP contribution in [0.25, 0.3) is 0 Å². The van der Waals surface area contributed by atoms with Gasteiger partial charge in [0.15, 0.2) is 0 Å². The Hall–Kier alpha value is -0.910. The number of nitrogens with one attached hydrogen (secondary N) is 1. The van der Waals surface area contributed by atoms with E-state index in [9.17, 15) is 5.11 Å². The minimum Gasteiger partial charge on any atom is -0.496 e. The molecule has 2 N–H and O–H groups in total. The van der Waals surface area contributed by atoms with Gasteiger partial charge in [-0.15, -0.1) is 0 Å². The largest absolute Gasteiger partial charge is 0.496 e. The van der Waals surface area contributed by atoms with Gasteiger partial charge in [0.2, 0.25) is 0 Å². The van der Waals surface area contributed by atoms with Crippen LogP contribution in [0.4, 0.5) is 0 Å². The average Bonchev–Trinajstić information content (AvgIpc) is 2.74. The smallest absolute Gasteiger partial charge is 0.138 e.